The summed E-state index contributed by atoms with van der Waals surface area (Å²) < 4.78 is 12.8. The second-order valence-electron chi connectivity index (χ2n) is 8.16. The van der Waals surface area contributed by atoms with Crippen molar-refractivity contribution >= 4 is 27.6 Å². The van der Waals surface area contributed by atoms with Gasteiger partial charge in [-0.15, -0.1) is 0 Å². The molecule has 0 bridgehead atoms. The van der Waals surface area contributed by atoms with E-state index in [0.717, 1.165) is 53.9 Å². The fourth-order valence-electron chi connectivity index (χ4n) is 4.18. The predicted molar refractivity (Wildman–Crippen MR) is 138 cm³/mol. The maximum Gasteiger partial charge on any atom is 0.135 e. The number of ether oxygens (including phenoxy) is 2. The maximum absolute atomic E-state index is 6.46. The Morgan fingerprint density at radius 2 is 1.34 bits per heavy atom. The Kier molecular flexibility index (Phi) is 7.11. The van der Waals surface area contributed by atoms with Crippen LogP contribution in [0.4, 0.5) is 0 Å². The molecular weight excluding hydrogens is 392 g/mol. The minimum atomic E-state index is 0.680. The van der Waals surface area contributed by atoms with Crippen LogP contribution in [0, 0.1) is 0 Å². The lowest BCUT2D eigenvalue weighted by Crippen LogP contribution is -2.03. The predicted octanol–water partition coefficient (Wildman–Crippen LogP) is 8.66. The van der Waals surface area contributed by atoms with Gasteiger partial charge < -0.3 is 9.47 Å². The van der Waals surface area contributed by atoms with Crippen molar-refractivity contribution in [1.82, 2.24) is 0 Å². The number of benzene rings is 4. The van der Waals surface area contributed by atoms with Crippen molar-refractivity contribution in [3.05, 3.63) is 78.9 Å². The van der Waals surface area contributed by atoms with Crippen molar-refractivity contribution in [2.24, 2.45) is 0 Å². The zero-order valence-corrected chi connectivity index (χ0v) is 19.2. The Bertz CT molecular complexity index is 1220. The number of hydrogen-bond acceptors (Lipinski definition) is 2. The highest BCUT2D eigenvalue weighted by Gasteiger charge is 2.21. The molecule has 4 rings (SSSR count). The molecule has 2 heteroatoms. The molecule has 4 aromatic carbocycles. The molecule has 0 atom stereocenters. The van der Waals surface area contributed by atoms with Gasteiger partial charge in [0.2, 0.25) is 0 Å². The molecule has 2 nitrogen and oxygen atoms in total. The molecule has 0 aromatic heterocycles. The number of hydrogen-bond donors (Lipinski definition) is 0. The van der Waals surface area contributed by atoms with Crippen molar-refractivity contribution in [3.8, 4) is 22.6 Å². The van der Waals surface area contributed by atoms with E-state index in [9.17, 15) is 0 Å². The molecule has 4 aromatic rings. The maximum atomic E-state index is 6.46. The molecule has 0 saturated carbocycles. The van der Waals surface area contributed by atoms with Gasteiger partial charge in [0.25, 0.3) is 0 Å². The number of rotatable bonds is 10. The first-order valence-electron chi connectivity index (χ1n) is 11.7. The van der Waals surface area contributed by atoms with E-state index >= 15 is 0 Å². The number of fused-ring (bicyclic) bond motifs is 2. The van der Waals surface area contributed by atoms with Crippen LogP contribution in [0.3, 0.4) is 0 Å². The first kappa shape index (κ1) is 22.0. The lowest BCUT2D eigenvalue weighted by Gasteiger charge is -2.21. The lowest BCUT2D eigenvalue weighted by molar-refractivity contribution is 0.306. The normalized spacial score (nSPS) is 11.1. The topological polar surface area (TPSA) is 18.5 Å². The summed E-state index contributed by atoms with van der Waals surface area (Å²) in [6, 6.07) is 23.5. The van der Waals surface area contributed by atoms with E-state index in [1.165, 1.54) is 21.5 Å². The molecule has 0 heterocycles. The summed E-state index contributed by atoms with van der Waals surface area (Å²) in [5.74, 6) is 1.80. The van der Waals surface area contributed by atoms with E-state index in [1.807, 2.05) is 6.08 Å². The van der Waals surface area contributed by atoms with Crippen molar-refractivity contribution in [2.75, 3.05) is 13.2 Å². The summed E-state index contributed by atoms with van der Waals surface area (Å²) in [4.78, 5) is 0. The van der Waals surface area contributed by atoms with E-state index in [-0.39, 0.29) is 0 Å². The van der Waals surface area contributed by atoms with Gasteiger partial charge in [-0.3, -0.25) is 0 Å². The average molecular weight is 425 g/mol. The van der Waals surface area contributed by atoms with Crippen LogP contribution in [0.5, 0.6) is 11.5 Å². The summed E-state index contributed by atoms with van der Waals surface area (Å²) in [5, 5.41) is 4.71. The van der Waals surface area contributed by atoms with E-state index in [1.54, 1.807) is 0 Å². The fourth-order valence-corrected chi connectivity index (χ4v) is 4.18. The molecule has 0 aliphatic rings. The minimum Gasteiger partial charge on any atom is -0.493 e. The van der Waals surface area contributed by atoms with Crippen LogP contribution in [0.15, 0.2) is 73.3 Å². The molecule has 0 N–H and O–H groups in total. The first-order chi connectivity index (χ1) is 15.8. The second kappa shape index (κ2) is 10.4. The minimum absolute atomic E-state index is 0.680. The van der Waals surface area contributed by atoms with Crippen molar-refractivity contribution in [2.45, 2.75) is 39.5 Å². The Labute approximate surface area is 191 Å². The van der Waals surface area contributed by atoms with Crippen LogP contribution < -0.4 is 9.47 Å². The van der Waals surface area contributed by atoms with Crippen molar-refractivity contribution in [1.29, 1.82) is 0 Å². The zero-order valence-electron chi connectivity index (χ0n) is 19.2. The van der Waals surface area contributed by atoms with Gasteiger partial charge in [0.1, 0.15) is 11.5 Å². The Balaban J connectivity index is 2.06. The summed E-state index contributed by atoms with van der Waals surface area (Å²) in [6.07, 6.45) is 6.13. The molecule has 0 aliphatic carbocycles. The third-order valence-electron chi connectivity index (χ3n) is 5.89. The summed E-state index contributed by atoms with van der Waals surface area (Å²) in [7, 11) is 0. The van der Waals surface area contributed by atoms with E-state index in [4.69, 9.17) is 9.47 Å². The summed E-state index contributed by atoms with van der Waals surface area (Å²) >= 11 is 0. The molecule has 32 heavy (non-hydrogen) atoms. The van der Waals surface area contributed by atoms with E-state index in [2.05, 4.69) is 87.2 Å². The highest BCUT2D eigenvalue weighted by atomic mass is 16.5. The third-order valence-corrected chi connectivity index (χ3v) is 5.89. The van der Waals surface area contributed by atoms with Crippen LogP contribution >= 0.6 is 0 Å². The quantitative estimate of drug-likeness (QED) is 0.237. The van der Waals surface area contributed by atoms with Gasteiger partial charge in [0, 0.05) is 16.7 Å². The Hall–Kier alpha value is -3.26. The van der Waals surface area contributed by atoms with Crippen LogP contribution in [0.2, 0.25) is 0 Å². The Morgan fingerprint density at radius 3 is 2.03 bits per heavy atom. The Morgan fingerprint density at radius 1 is 0.719 bits per heavy atom. The molecule has 0 fully saturated rings. The lowest BCUT2D eigenvalue weighted by atomic mass is 9.90. The van der Waals surface area contributed by atoms with Crippen LogP contribution in [-0.4, -0.2) is 13.2 Å². The molecule has 0 saturated heterocycles. The first-order valence-corrected chi connectivity index (χ1v) is 11.7. The summed E-state index contributed by atoms with van der Waals surface area (Å²) in [5.41, 5.74) is 3.21. The van der Waals surface area contributed by atoms with Crippen LogP contribution in [0.1, 0.15) is 45.1 Å². The van der Waals surface area contributed by atoms with Gasteiger partial charge in [-0.1, -0.05) is 93.9 Å². The number of unbranched alkanes of at least 4 members (excludes halogenated alkanes) is 2. The molecule has 0 spiro atoms. The van der Waals surface area contributed by atoms with Gasteiger partial charge in [-0.2, -0.15) is 0 Å². The molecular formula is C30H32O2. The molecule has 0 unspecified atom stereocenters. The van der Waals surface area contributed by atoms with Crippen molar-refractivity contribution < 1.29 is 9.47 Å². The third kappa shape index (κ3) is 4.36. The highest BCUT2D eigenvalue weighted by molar-refractivity contribution is 6.11. The molecule has 0 radical (unpaired) electrons. The highest BCUT2D eigenvalue weighted by Crippen LogP contribution is 2.47. The van der Waals surface area contributed by atoms with Gasteiger partial charge in [-0.25, -0.2) is 0 Å². The van der Waals surface area contributed by atoms with E-state index in [0.29, 0.717) is 13.2 Å². The largest absolute Gasteiger partial charge is 0.493 e. The monoisotopic (exact) mass is 424 g/mol. The van der Waals surface area contributed by atoms with Gasteiger partial charge in [0.15, 0.2) is 0 Å². The standard InChI is InChI=1S/C30H32O2/c1-4-7-19-31-27-18-17-23-13-9-11-15-25(23)28(27)29-26-16-12-10-14-24(26)21-22(6-3)30(29)32-20-8-5-2/h6,9-18,21H,3-5,7-8,19-20H2,1-2H3. The smallest absolute Gasteiger partial charge is 0.135 e. The van der Waals surface area contributed by atoms with Gasteiger partial charge in [-0.05, 0) is 46.5 Å². The SMILES string of the molecule is C=Cc1cc2ccccc2c(-c2c(OCCCC)ccc3ccccc23)c1OCCCC. The second-order valence-corrected chi connectivity index (χ2v) is 8.16. The van der Waals surface area contributed by atoms with Crippen LogP contribution in [-0.2, 0) is 0 Å². The molecule has 0 aliphatic heterocycles. The van der Waals surface area contributed by atoms with Gasteiger partial charge >= 0.3 is 0 Å². The summed E-state index contributed by atoms with van der Waals surface area (Å²) in [6.45, 7) is 9.85. The zero-order chi connectivity index (χ0) is 22.3. The van der Waals surface area contributed by atoms with Crippen LogP contribution in [0.25, 0.3) is 38.7 Å². The fraction of sp³-hybridized carbons (Fsp3) is 0.267. The van der Waals surface area contributed by atoms with Gasteiger partial charge in [0.05, 0.1) is 13.2 Å². The van der Waals surface area contributed by atoms with Crippen molar-refractivity contribution in [3.63, 3.8) is 0 Å². The molecule has 0 amide bonds. The van der Waals surface area contributed by atoms with E-state index < -0.39 is 0 Å². The molecule has 164 valence electrons. The average Bonchev–Trinajstić information content (AvgIpc) is 2.84.